The molecule has 1 saturated heterocycles. The highest BCUT2D eigenvalue weighted by molar-refractivity contribution is 14.1. The first-order chi connectivity index (χ1) is 11.0. The smallest absolute Gasteiger partial charge is 0.241 e. The Bertz CT molecular complexity index is 547. The predicted molar refractivity (Wildman–Crippen MR) is 100 cm³/mol. The molecule has 1 aromatic carbocycles. The summed E-state index contributed by atoms with van der Waals surface area (Å²) in [5, 5.41) is 2.97. The van der Waals surface area contributed by atoms with Crippen molar-refractivity contribution in [3.05, 3.63) is 27.8 Å². The van der Waals surface area contributed by atoms with Crippen molar-refractivity contribution in [2.75, 3.05) is 31.5 Å². The summed E-state index contributed by atoms with van der Waals surface area (Å²) < 4.78 is 1.14. The van der Waals surface area contributed by atoms with Crippen molar-refractivity contribution in [3.8, 4) is 0 Å². The third kappa shape index (κ3) is 5.17. The molecule has 5 nitrogen and oxygen atoms in total. The number of nitrogens with one attached hydrogen (secondary N) is 1. The Hall–Kier alpha value is -1.15. The summed E-state index contributed by atoms with van der Waals surface area (Å²) in [7, 11) is 0. The van der Waals surface area contributed by atoms with Crippen LogP contribution < -0.4 is 5.32 Å². The molecular weight excluding hydrogens is 405 g/mol. The van der Waals surface area contributed by atoms with Gasteiger partial charge >= 0.3 is 0 Å². The van der Waals surface area contributed by atoms with E-state index >= 15 is 0 Å². The van der Waals surface area contributed by atoms with Crippen LogP contribution >= 0.6 is 22.6 Å². The number of carbonyl (C=O) groups is 2. The topological polar surface area (TPSA) is 52.7 Å². The molecule has 1 atom stereocenters. The van der Waals surface area contributed by atoms with E-state index in [0.717, 1.165) is 35.3 Å². The Kier molecular flexibility index (Phi) is 6.83. The molecule has 0 saturated carbocycles. The zero-order valence-electron chi connectivity index (χ0n) is 13.7. The van der Waals surface area contributed by atoms with E-state index in [1.807, 2.05) is 43.0 Å². The number of anilines is 1. The number of hydrogen-bond donors (Lipinski definition) is 1. The lowest BCUT2D eigenvalue weighted by atomic mass is 10.2. The van der Waals surface area contributed by atoms with Crippen LogP contribution in [-0.4, -0.2) is 53.8 Å². The van der Waals surface area contributed by atoms with Crippen LogP contribution in [-0.2, 0) is 9.59 Å². The summed E-state index contributed by atoms with van der Waals surface area (Å²) in [6.45, 7) is 6.89. The van der Waals surface area contributed by atoms with Crippen LogP contribution in [0.3, 0.4) is 0 Å². The van der Waals surface area contributed by atoms with Gasteiger partial charge in [-0.1, -0.05) is 6.92 Å². The van der Waals surface area contributed by atoms with Crippen LogP contribution in [0.5, 0.6) is 0 Å². The first kappa shape index (κ1) is 18.2. The molecule has 2 amide bonds. The maximum atomic E-state index is 12.4. The molecule has 1 aromatic rings. The normalized spacial score (nSPS) is 17.4. The third-order valence-corrected chi connectivity index (χ3v) is 4.94. The van der Waals surface area contributed by atoms with Gasteiger partial charge in [-0.05, 0) is 60.2 Å². The van der Waals surface area contributed by atoms with E-state index in [2.05, 4.69) is 32.8 Å². The minimum atomic E-state index is -0.203. The predicted octanol–water partition coefficient (Wildman–Crippen LogP) is 2.56. The van der Waals surface area contributed by atoms with E-state index in [0.29, 0.717) is 13.0 Å². The van der Waals surface area contributed by atoms with Gasteiger partial charge in [-0.25, -0.2) is 0 Å². The second-order valence-electron chi connectivity index (χ2n) is 5.80. The summed E-state index contributed by atoms with van der Waals surface area (Å²) in [5.74, 6) is 0.198. The fourth-order valence-electron chi connectivity index (χ4n) is 2.74. The van der Waals surface area contributed by atoms with E-state index in [9.17, 15) is 9.59 Å². The van der Waals surface area contributed by atoms with Gasteiger partial charge in [-0.15, -0.1) is 0 Å². The number of hydrogen-bond acceptors (Lipinski definition) is 3. The quantitative estimate of drug-likeness (QED) is 0.749. The van der Waals surface area contributed by atoms with Crippen molar-refractivity contribution in [1.82, 2.24) is 9.80 Å². The fraction of sp³-hybridized carbons (Fsp3) is 0.529. The molecule has 0 spiro atoms. The van der Waals surface area contributed by atoms with Gasteiger partial charge in [-0.3, -0.25) is 14.5 Å². The fourth-order valence-corrected chi connectivity index (χ4v) is 3.10. The van der Waals surface area contributed by atoms with E-state index in [-0.39, 0.29) is 17.9 Å². The van der Waals surface area contributed by atoms with E-state index in [1.165, 1.54) is 0 Å². The van der Waals surface area contributed by atoms with Crippen LogP contribution in [0.4, 0.5) is 5.69 Å². The first-order valence-corrected chi connectivity index (χ1v) is 9.17. The summed E-state index contributed by atoms with van der Waals surface area (Å²) in [6, 6.07) is 7.57. The molecule has 1 fully saturated rings. The summed E-state index contributed by atoms with van der Waals surface area (Å²) in [6.07, 6.45) is 1.45. The molecule has 0 bridgehead atoms. The molecule has 0 aromatic heterocycles. The molecule has 0 aliphatic carbocycles. The Balaban J connectivity index is 1.91. The lowest BCUT2D eigenvalue weighted by Gasteiger charge is -2.27. The number of benzene rings is 1. The highest BCUT2D eigenvalue weighted by atomic mass is 127. The van der Waals surface area contributed by atoms with Gasteiger partial charge in [0.05, 0.1) is 6.04 Å². The molecule has 23 heavy (non-hydrogen) atoms. The second kappa shape index (κ2) is 8.63. The van der Waals surface area contributed by atoms with Crippen molar-refractivity contribution < 1.29 is 9.59 Å². The van der Waals surface area contributed by atoms with Gasteiger partial charge in [0.25, 0.3) is 0 Å². The lowest BCUT2D eigenvalue weighted by Crippen LogP contribution is -2.44. The van der Waals surface area contributed by atoms with E-state index < -0.39 is 0 Å². The van der Waals surface area contributed by atoms with Crippen LogP contribution in [0.25, 0.3) is 0 Å². The average Bonchev–Trinajstić information content (AvgIpc) is 2.81. The summed E-state index contributed by atoms with van der Waals surface area (Å²) >= 11 is 2.24. The molecule has 0 radical (unpaired) electrons. The number of halogens is 1. The number of amides is 2. The number of nitrogens with zero attached hydrogens (tertiary/aromatic N) is 2. The van der Waals surface area contributed by atoms with Gasteiger partial charge in [0.2, 0.25) is 11.8 Å². The second-order valence-corrected chi connectivity index (χ2v) is 7.04. The van der Waals surface area contributed by atoms with E-state index in [1.54, 1.807) is 0 Å². The minimum Gasteiger partial charge on any atom is -0.341 e. The van der Waals surface area contributed by atoms with Gasteiger partial charge in [0.1, 0.15) is 0 Å². The highest BCUT2D eigenvalue weighted by Crippen LogP contribution is 2.13. The van der Waals surface area contributed by atoms with Gasteiger partial charge in [0, 0.05) is 41.9 Å². The molecular formula is C17H24IN3O2. The van der Waals surface area contributed by atoms with E-state index in [4.69, 9.17) is 0 Å². The zero-order valence-corrected chi connectivity index (χ0v) is 15.9. The van der Waals surface area contributed by atoms with Crippen LogP contribution in [0.15, 0.2) is 24.3 Å². The van der Waals surface area contributed by atoms with Crippen LogP contribution in [0, 0.1) is 3.57 Å². The van der Waals surface area contributed by atoms with Crippen molar-refractivity contribution in [1.29, 1.82) is 0 Å². The maximum absolute atomic E-state index is 12.4. The van der Waals surface area contributed by atoms with Gasteiger partial charge < -0.3 is 10.2 Å². The molecule has 2 rings (SSSR count). The number of carbonyl (C=O) groups excluding carboxylic acids is 2. The van der Waals surface area contributed by atoms with Crippen LogP contribution in [0.1, 0.15) is 26.7 Å². The molecule has 1 heterocycles. The van der Waals surface area contributed by atoms with Crippen molar-refractivity contribution in [2.24, 2.45) is 0 Å². The Morgan fingerprint density at radius 1 is 1.17 bits per heavy atom. The number of rotatable bonds is 4. The molecule has 1 unspecified atom stereocenters. The molecule has 1 aliphatic heterocycles. The largest absolute Gasteiger partial charge is 0.341 e. The van der Waals surface area contributed by atoms with Crippen LogP contribution in [0.2, 0.25) is 0 Å². The molecule has 6 heteroatoms. The first-order valence-electron chi connectivity index (χ1n) is 8.09. The Labute approximate surface area is 151 Å². The Morgan fingerprint density at radius 2 is 1.87 bits per heavy atom. The van der Waals surface area contributed by atoms with Crippen molar-refractivity contribution >= 4 is 40.1 Å². The maximum Gasteiger partial charge on any atom is 0.241 e. The molecule has 1 N–H and O–H groups in total. The van der Waals surface area contributed by atoms with Crippen molar-refractivity contribution in [2.45, 2.75) is 32.7 Å². The molecule has 1 aliphatic rings. The minimum absolute atomic E-state index is 0.00137. The molecule has 126 valence electrons. The standard InChI is InChI=1S/C17H24IN3O2/c1-3-16(22)21-10-4-9-20(11-12-21)13(2)17(23)19-15-7-5-14(18)6-8-15/h5-8,13H,3-4,9-12H2,1-2H3,(H,19,23). The average molecular weight is 429 g/mol. The Morgan fingerprint density at radius 3 is 2.52 bits per heavy atom. The van der Waals surface area contributed by atoms with Gasteiger partial charge in [0.15, 0.2) is 0 Å². The zero-order chi connectivity index (χ0) is 16.8. The highest BCUT2D eigenvalue weighted by Gasteiger charge is 2.25. The summed E-state index contributed by atoms with van der Waals surface area (Å²) in [5.41, 5.74) is 0.819. The van der Waals surface area contributed by atoms with Crippen molar-refractivity contribution in [3.63, 3.8) is 0 Å². The SMILES string of the molecule is CCC(=O)N1CCCN(C(C)C(=O)Nc2ccc(I)cc2)CC1. The lowest BCUT2D eigenvalue weighted by molar-refractivity contribution is -0.130. The monoisotopic (exact) mass is 429 g/mol. The van der Waals surface area contributed by atoms with Gasteiger partial charge in [-0.2, -0.15) is 0 Å². The summed E-state index contributed by atoms with van der Waals surface area (Å²) in [4.78, 5) is 28.3. The third-order valence-electron chi connectivity index (χ3n) is 4.22.